The minimum Gasteiger partial charge on any atom is -0.455 e. The largest absolute Gasteiger partial charge is 0.455 e. The van der Waals surface area contributed by atoms with E-state index < -0.39 is 0 Å². The molecule has 0 radical (unpaired) electrons. The van der Waals surface area contributed by atoms with E-state index in [1.165, 1.54) is 0 Å². The van der Waals surface area contributed by atoms with Crippen LogP contribution in [0.15, 0.2) is 180 Å². The van der Waals surface area contributed by atoms with Crippen molar-refractivity contribution in [3.05, 3.63) is 176 Å². The summed E-state index contributed by atoms with van der Waals surface area (Å²) < 4.78 is 9.15. The zero-order chi connectivity index (χ0) is 34.2. The van der Waals surface area contributed by atoms with E-state index in [0.29, 0.717) is 0 Å². The molecule has 11 aromatic rings. The lowest BCUT2D eigenvalue weighted by molar-refractivity contribution is 0.671. The van der Waals surface area contributed by atoms with E-state index in [-0.39, 0.29) is 0 Å². The number of rotatable bonds is 4. The van der Waals surface area contributed by atoms with Crippen LogP contribution < -0.4 is 0 Å². The van der Waals surface area contributed by atoms with Gasteiger partial charge in [0, 0.05) is 43.6 Å². The van der Waals surface area contributed by atoms with Gasteiger partial charge in [-0.25, -0.2) is 9.97 Å². The highest BCUT2D eigenvalue weighted by atomic mass is 16.3. The number of hydrogen-bond acceptors (Lipinski definition) is 3. The van der Waals surface area contributed by atoms with Gasteiger partial charge in [0.1, 0.15) is 16.9 Å². The summed E-state index contributed by atoms with van der Waals surface area (Å²) in [6.07, 6.45) is 0. The minimum atomic E-state index is 0.799. The number of aromatic nitrogens is 3. The van der Waals surface area contributed by atoms with E-state index >= 15 is 0 Å². The van der Waals surface area contributed by atoms with Crippen molar-refractivity contribution in [2.24, 2.45) is 0 Å². The van der Waals surface area contributed by atoms with Gasteiger partial charge in [-0.05, 0) is 34.7 Å². The van der Waals surface area contributed by atoms with Crippen LogP contribution in [0.2, 0.25) is 0 Å². The molecular weight excluding hydrogens is 635 g/mol. The summed E-state index contributed by atoms with van der Waals surface area (Å²) >= 11 is 0. The Balaban J connectivity index is 1.21. The molecule has 3 aromatic heterocycles. The molecule has 0 unspecified atom stereocenters. The van der Waals surface area contributed by atoms with Crippen molar-refractivity contribution < 1.29 is 4.42 Å². The summed E-state index contributed by atoms with van der Waals surface area (Å²) in [5.41, 5.74) is 11.9. The monoisotopic (exact) mass is 663 g/mol. The quantitative estimate of drug-likeness (QED) is 0.176. The molecule has 0 spiro atoms. The van der Waals surface area contributed by atoms with Crippen molar-refractivity contribution in [1.29, 1.82) is 0 Å². The fraction of sp³-hybridized carbons (Fsp3) is 0. The number of hydrogen-bond donors (Lipinski definition) is 0. The second-order valence-corrected chi connectivity index (χ2v) is 13.3. The molecule has 0 aliphatic rings. The van der Waals surface area contributed by atoms with Crippen molar-refractivity contribution in [2.45, 2.75) is 0 Å². The summed E-state index contributed by atoms with van der Waals surface area (Å²) in [6, 6.07) is 61.7. The van der Waals surface area contributed by atoms with Gasteiger partial charge in [-0.3, -0.25) is 4.57 Å². The van der Waals surface area contributed by atoms with E-state index in [1.54, 1.807) is 0 Å². The van der Waals surface area contributed by atoms with Gasteiger partial charge in [-0.1, -0.05) is 158 Å². The van der Waals surface area contributed by atoms with E-state index in [2.05, 4.69) is 168 Å². The van der Waals surface area contributed by atoms with Crippen molar-refractivity contribution in [2.75, 3.05) is 0 Å². The SMILES string of the molecule is c1ccc(-c2nc3ccc4ccccc4c3nc2-n2c3ccccc3c3ccc(-c4cccc5c4oc4c(-c6ccccc6)cccc45)cc32)cc1. The Bertz CT molecular complexity index is 3180. The van der Waals surface area contributed by atoms with Crippen LogP contribution >= 0.6 is 0 Å². The molecule has 4 heteroatoms. The highest BCUT2D eigenvalue weighted by Crippen LogP contribution is 2.42. The first-order chi connectivity index (χ1) is 25.8. The molecule has 0 N–H and O–H groups in total. The van der Waals surface area contributed by atoms with Gasteiger partial charge in [0.05, 0.1) is 22.1 Å². The molecule has 3 heterocycles. The molecule has 52 heavy (non-hydrogen) atoms. The second kappa shape index (κ2) is 11.2. The van der Waals surface area contributed by atoms with Crippen LogP contribution in [0.25, 0.3) is 105 Å². The summed E-state index contributed by atoms with van der Waals surface area (Å²) in [5, 5.41) is 6.76. The maximum Gasteiger partial charge on any atom is 0.165 e. The fourth-order valence-corrected chi connectivity index (χ4v) is 7.99. The zero-order valence-corrected chi connectivity index (χ0v) is 28.0. The normalized spacial score (nSPS) is 11.8. The minimum absolute atomic E-state index is 0.799. The molecule has 0 fully saturated rings. The third-order valence-electron chi connectivity index (χ3n) is 10.4. The van der Waals surface area contributed by atoms with E-state index in [4.69, 9.17) is 14.4 Å². The van der Waals surface area contributed by atoms with Crippen LogP contribution in [0.1, 0.15) is 0 Å². The van der Waals surface area contributed by atoms with Crippen molar-refractivity contribution in [3.8, 4) is 39.3 Å². The fourth-order valence-electron chi connectivity index (χ4n) is 7.99. The van der Waals surface area contributed by atoms with Crippen LogP contribution in [0, 0.1) is 0 Å². The van der Waals surface area contributed by atoms with E-state index in [0.717, 1.165) is 105 Å². The predicted molar refractivity (Wildman–Crippen MR) is 215 cm³/mol. The first kappa shape index (κ1) is 28.8. The van der Waals surface area contributed by atoms with Crippen LogP contribution in [0.4, 0.5) is 0 Å². The molecule has 242 valence electrons. The van der Waals surface area contributed by atoms with Gasteiger partial charge >= 0.3 is 0 Å². The Hall–Kier alpha value is -7.04. The van der Waals surface area contributed by atoms with Gasteiger partial charge < -0.3 is 4.42 Å². The number of benzene rings is 8. The van der Waals surface area contributed by atoms with Crippen LogP contribution in [-0.4, -0.2) is 14.5 Å². The lowest BCUT2D eigenvalue weighted by Crippen LogP contribution is -2.04. The number of fused-ring (bicyclic) bond motifs is 9. The van der Waals surface area contributed by atoms with Crippen molar-refractivity contribution in [1.82, 2.24) is 14.5 Å². The van der Waals surface area contributed by atoms with Crippen LogP contribution in [0.5, 0.6) is 0 Å². The summed E-state index contributed by atoms with van der Waals surface area (Å²) in [7, 11) is 0. The number of furan rings is 1. The zero-order valence-electron chi connectivity index (χ0n) is 28.0. The maximum absolute atomic E-state index is 6.85. The third-order valence-corrected chi connectivity index (χ3v) is 10.4. The van der Waals surface area contributed by atoms with E-state index in [1.807, 2.05) is 12.1 Å². The van der Waals surface area contributed by atoms with Gasteiger partial charge in [0.2, 0.25) is 0 Å². The second-order valence-electron chi connectivity index (χ2n) is 13.3. The first-order valence-electron chi connectivity index (χ1n) is 17.6. The molecule has 0 aliphatic heterocycles. The molecule has 4 nitrogen and oxygen atoms in total. The number of nitrogens with zero attached hydrogens (tertiary/aromatic N) is 3. The summed E-state index contributed by atoms with van der Waals surface area (Å²) in [5.74, 6) is 0.799. The lowest BCUT2D eigenvalue weighted by Gasteiger charge is -2.15. The topological polar surface area (TPSA) is 43.9 Å². The summed E-state index contributed by atoms with van der Waals surface area (Å²) in [6.45, 7) is 0. The number of para-hydroxylation sites is 3. The molecule has 8 aromatic carbocycles. The molecule has 0 saturated carbocycles. The Morgan fingerprint density at radius 1 is 0.404 bits per heavy atom. The van der Waals surface area contributed by atoms with Gasteiger partial charge in [-0.15, -0.1) is 0 Å². The van der Waals surface area contributed by atoms with Gasteiger partial charge in [-0.2, -0.15) is 0 Å². The molecule has 0 bridgehead atoms. The lowest BCUT2D eigenvalue weighted by atomic mass is 9.99. The summed E-state index contributed by atoms with van der Waals surface area (Å²) in [4.78, 5) is 10.9. The predicted octanol–water partition coefficient (Wildman–Crippen LogP) is 12.8. The smallest absolute Gasteiger partial charge is 0.165 e. The van der Waals surface area contributed by atoms with Crippen molar-refractivity contribution >= 4 is 65.6 Å². The molecular formula is C48H29N3O. The van der Waals surface area contributed by atoms with E-state index in [9.17, 15) is 0 Å². The Morgan fingerprint density at radius 3 is 1.79 bits per heavy atom. The molecule has 0 aliphatic carbocycles. The van der Waals surface area contributed by atoms with Gasteiger partial charge in [0.15, 0.2) is 5.82 Å². The van der Waals surface area contributed by atoms with Gasteiger partial charge in [0.25, 0.3) is 0 Å². The van der Waals surface area contributed by atoms with Crippen molar-refractivity contribution in [3.63, 3.8) is 0 Å². The van der Waals surface area contributed by atoms with Crippen LogP contribution in [0.3, 0.4) is 0 Å². The Morgan fingerprint density at radius 2 is 1.02 bits per heavy atom. The molecule has 0 atom stereocenters. The maximum atomic E-state index is 6.85. The molecule has 0 amide bonds. The highest BCUT2D eigenvalue weighted by Gasteiger charge is 2.21. The standard InChI is InChI=1S/C48H29N3O/c1-3-13-30(14-4-1)35-20-11-22-39-40-23-12-21-36(47(40)52-46(35)39)33-25-27-38-37-19-9-10-24-42(37)51(43(38)29-33)48-44(32-16-5-2-6-17-32)49-41-28-26-31-15-7-8-18-34(31)45(41)50-48/h1-29H. The Labute approximate surface area is 298 Å². The average molecular weight is 664 g/mol. The third kappa shape index (κ3) is 4.28. The molecule has 11 rings (SSSR count). The average Bonchev–Trinajstić information content (AvgIpc) is 3.76. The first-order valence-corrected chi connectivity index (χ1v) is 17.6. The highest BCUT2D eigenvalue weighted by molar-refractivity contribution is 6.15. The Kier molecular flexibility index (Phi) is 6.22. The molecule has 0 saturated heterocycles. The van der Waals surface area contributed by atoms with Crippen LogP contribution in [-0.2, 0) is 0 Å².